The third-order valence-corrected chi connectivity index (χ3v) is 5.77. The number of ether oxygens (including phenoxy) is 1. The molecule has 1 atom stereocenters. The van der Waals surface area contributed by atoms with Crippen molar-refractivity contribution in [1.29, 1.82) is 0 Å². The Bertz CT molecular complexity index is 946. The molecule has 0 aromatic heterocycles. The maximum Gasteiger partial charge on any atom is 0.275 e. The van der Waals surface area contributed by atoms with Gasteiger partial charge >= 0.3 is 0 Å². The number of benzene rings is 3. The highest BCUT2D eigenvalue weighted by Gasteiger charge is 2.23. The zero-order valence-corrected chi connectivity index (χ0v) is 19.0. The van der Waals surface area contributed by atoms with Gasteiger partial charge in [-0.3, -0.25) is 0 Å². The fourth-order valence-electron chi connectivity index (χ4n) is 3.14. The second kappa shape index (κ2) is 10.3. The molecule has 0 heterocycles. The van der Waals surface area contributed by atoms with E-state index in [0.29, 0.717) is 0 Å². The van der Waals surface area contributed by atoms with Gasteiger partial charge in [0.1, 0.15) is 17.2 Å². The minimum atomic E-state index is -0.131. The van der Waals surface area contributed by atoms with Crippen LogP contribution in [0.25, 0.3) is 0 Å². The van der Waals surface area contributed by atoms with E-state index in [9.17, 15) is 0 Å². The molecule has 0 saturated carbocycles. The van der Waals surface area contributed by atoms with Crippen LogP contribution in [-0.2, 0) is 5.41 Å². The van der Waals surface area contributed by atoms with Crippen LogP contribution in [0, 0.1) is 0 Å². The average Bonchev–Trinajstić information content (AvgIpc) is 2.79. The van der Waals surface area contributed by atoms with Crippen LogP contribution in [0.4, 0.5) is 0 Å². The second-order valence-electron chi connectivity index (χ2n) is 7.48. The van der Waals surface area contributed by atoms with Crippen LogP contribution in [0.3, 0.4) is 0 Å². The van der Waals surface area contributed by atoms with E-state index in [1.807, 2.05) is 67.6 Å². The van der Waals surface area contributed by atoms with Crippen molar-refractivity contribution in [2.45, 2.75) is 39.5 Å². The molecular weight excluding hydrogens is 391 g/mol. The minimum absolute atomic E-state index is 0.0793. The Labute approximate surface area is 181 Å². The first kappa shape index (κ1) is 21.9. The Morgan fingerprint density at radius 2 is 1.27 bits per heavy atom. The predicted molar refractivity (Wildman–Crippen MR) is 126 cm³/mol. The van der Waals surface area contributed by atoms with Crippen LogP contribution in [0.5, 0.6) is 17.2 Å². The first-order chi connectivity index (χ1) is 14.5. The number of para-hydroxylation sites is 1. The molecule has 0 fully saturated rings. The summed E-state index contributed by atoms with van der Waals surface area (Å²) in [6, 6.07) is 26.2. The fourth-order valence-corrected chi connectivity index (χ4v) is 3.64. The lowest BCUT2D eigenvalue weighted by Crippen LogP contribution is -2.18. The van der Waals surface area contributed by atoms with Gasteiger partial charge in [0, 0.05) is 11.8 Å². The Morgan fingerprint density at radius 1 is 0.767 bits per heavy atom. The number of allylic oxidation sites excluding steroid dienone is 2. The highest BCUT2D eigenvalue weighted by atomic mass is 31.1. The van der Waals surface area contributed by atoms with Gasteiger partial charge in [-0.15, -0.1) is 0 Å². The Kier molecular flexibility index (Phi) is 7.54. The lowest BCUT2D eigenvalue weighted by Gasteiger charge is -2.26. The second-order valence-corrected chi connectivity index (χ2v) is 8.06. The lowest BCUT2D eigenvalue weighted by molar-refractivity contribution is 0.408. The van der Waals surface area contributed by atoms with Crippen LogP contribution in [0.1, 0.15) is 45.2 Å². The van der Waals surface area contributed by atoms with Crippen molar-refractivity contribution in [1.82, 2.24) is 0 Å². The first-order valence-corrected chi connectivity index (χ1v) is 11.0. The van der Waals surface area contributed by atoms with Gasteiger partial charge in [0.05, 0.1) is 5.76 Å². The molecule has 3 rings (SSSR count). The average molecular weight is 420 g/mol. The molecule has 0 saturated heterocycles. The number of rotatable bonds is 9. The summed E-state index contributed by atoms with van der Waals surface area (Å²) < 4.78 is 17.3. The van der Waals surface area contributed by atoms with E-state index in [0.717, 1.165) is 29.4 Å². The van der Waals surface area contributed by atoms with Crippen LogP contribution in [0.15, 0.2) is 90.7 Å². The van der Waals surface area contributed by atoms with Crippen LogP contribution in [0.2, 0.25) is 0 Å². The van der Waals surface area contributed by atoms with Crippen molar-refractivity contribution in [3.8, 4) is 17.2 Å². The van der Waals surface area contributed by atoms with Crippen molar-refractivity contribution in [2.75, 3.05) is 0 Å². The number of hydrogen-bond acceptors (Lipinski definition) is 3. The maximum absolute atomic E-state index is 5.90. The number of hydrogen-bond donors (Lipinski definition) is 0. The standard InChI is InChI=1S/C26H29O3P/c1-5-22(6-2)27-23-16-12-20(13-17-23)26(3,4)21-14-18-25(19-15-21)29-30-28-24-10-8-7-9-11-24/h5,7-19,30H,6H2,1-4H3. The topological polar surface area (TPSA) is 27.7 Å². The summed E-state index contributed by atoms with van der Waals surface area (Å²) in [6.07, 6.45) is 2.89. The van der Waals surface area contributed by atoms with Crippen molar-refractivity contribution < 1.29 is 13.8 Å². The molecule has 3 aromatic rings. The highest BCUT2D eigenvalue weighted by molar-refractivity contribution is 7.27. The normalized spacial score (nSPS) is 12.2. The van der Waals surface area contributed by atoms with Crippen LogP contribution < -0.4 is 13.8 Å². The molecule has 0 bridgehead atoms. The van der Waals surface area contributed by atoms with E-state index in [4.69, 9.17) is 13.8 Å². The molecule has 0 aliphatic heterocycles. The summed E-state index contributed by atoms with van der Waals surface area (Å²) in [6.45, 7) is 8.54. The van der Waals surface area contributed by atoms with Crippen LogP contribution >= 0.6 is 9.03 Å². The SMILES string of the molecule is CC=C(CC)Oc1ccc(C(C)(C)c2ccc(OPOc3ccccc3)cc2)cc1. The lowest BCUT2D eigenvalue weighted by atomic mass is 9.78. The third kappa shape index (κ3) is 5.64. The van der Waals surface area contributed by atoms with E-state index in [2.05, 4.69) is 45.0 Å². The summed E-state index contributed by atoms with van der Waals surface area (Å²) in [5, 5.41) is 0. The van der Waals surface area contributed by atoms with E-state index < -0.39 is 0 Å². The van der Waals surface area contributed by atoms with Gasteiger partial charge in [-0.05, 0) is 60.5 Å². The summed E-state index contributed by atoms with van der Waals surface area (Å²) >= 11 is 0. The van der Waals surface area contributed by atoms with Crippen LogP contribution in [-0.4, -0.2) is 0 Å². The van der Waals surface area contributed by atoms with Gasteiger partial charge in [0.25, 0.3) is 9.03 Å². The first-order valence-electron chi connectivity index (χ1n) is 10.2. The van der Waals surface area contributed by atoms with Gasteiger partial charge < -0.3 is 13.8 Å². The maximum atomic E-state index is 5.90. The van der Waals surface area contributed by atoms with E-state index in [-0.39, 0.29) is 14.4 Å². The molecule has 1 unspecified atom stereocenters. The van der Waals surface area contributed by atoms with E-state index in [1.165, 1.54) is 11.1 Å². The minimum Gasteiger partial charge on any atom is -0.462 e. The summed E-state index contributed by atoms with van der Waals surface area (Å²) in [4.78, 5) is 0. The molecule has 0 amide bonds. The Hall–Kier alpha value is -2.77. The summed E-state index contributed by atoms with van der Waals surface area (Å²) in [5.74, 6) is 3.45. The largest absolute Gasteiger partial charge is 0.462 e. The molecule has 0 N–H and O–H groups in total. The molecule has 156 valence electrons. The molecule has 0 radical (unpaired) electrons. The van der Waals surface area contributed by atoms with Crippen molar-refractivity contribution in [3.05, 3.63) is 102 Å². The van der Waals surface area contributed by atoms with Gasteiger partial charge in [0.15, 0.2) is 0 Å². The summed E-state index contributed by atoms with van der Waals surface area (Å²) in [5.41, 5.74) is 2.32. The van der Waals surface area contributed by atoms with Crippen molar-refractivity contribution >= 4 is 9.03 Å². The van der Waals surface area contributed by atoms with Gasteiger partial charge in [0.2, 0.25) is 0 Å². The fraction of sp³-hybridized carbons (Fsp3) is 0.231. The zero-order valence-electron chi connectivity index (χ0n) is 18.0. The molecule has 4 heteroatoms. The third-order valence-electron chi connectivity index (χ3n) is 5.13. The van der Waals surface area contributed by atoms with Gasteiger partial charge in [-0.1, -0.05) is 63.2 Å². The van der Waals surface area contributed by atoms with Crippen molar-refractivity contribution in [3.63, 3.8) is 0 Å². The molecular formula is C26H29O3P. The smallest absolute Gasteiger partial charge is 0.275 e. The molecule has 0 aliphatic carbocycles. The quantitative estimate of drug-likeness (QED) is 0.263. The molecule has 0 aliphatic rings. The van der Waals surface area contributed by atoms with E-state index >= 15 is 0 Å². The summed E-state index contributed by atoms with van der Waals surface area (Å²) in [7, 11) is -0.0793. The Balaban J connectivity index is 1.62. The molecule has 30 heavy (non-hydrogen) atoms. The zero-order chi connectivity index (χ0) is 21.4. The highest BCUT2D eigenvalue weighted by Crippen LogP contribution is 2.34. The molecule has 0 spiro atoms. The monoisotopic (exact) mass is 420 g/mol. The predicted octanol–water partition coefficient (Wildman–Crippen LogP) is 7.67. The van der Waals surface area contributed by atoms with Crippen molar-refractivity contribution in [2.24, 2.45) is 0 Å². The van der Waals surface area contributed by atoms with Gasteiger partial charge in [-0.2, -0.15) is 0 Å². The van der Waals surface area contributed by atoms with E-state index in [1.54, 1.807) is 0 Å². The molecule has 3 nitrogen and oxygen atoms in total. The molecule has 3 aromatic carbocycles. The Morgan fingerprint density at radius 3 is 1.77 bits per heavy atom. The van der Waals surface area contributed by atoms with Gasteiger partial charge in [-0.25, -0.2) is 0 Å².